The van der Waals surface area contributed by atoms with Crippen molar-refractivity contribution in [3.63, 3.8) is 0 Å². The van der Waals surface area contributed by atoms with Crippen molar-refractivity contribution >= 4 is 15.5 Å². The molecule has 1 radical (unpaired) electrons. The fraction of sp³-hybridized carbons (Fsp3) is 0.125. The minimum absolute atomic E-state index is 0.0607. The monoisotopic (exact) mass is 214 g/mol. The lowest BCUT2D eigenvalue weighted by Crippen LogP contribution is -1.99. The van der Waals surface area contributed by atoms with E-state index in [-0.39, 0.29) is 10.6 Å². The maximum absolute atomic E-state index is 11.3. The van der Waals surface area contributed by atoms with E-state index in [1.807, 2.05) is 0 Å². The van der Waals surface area contributed by atoms with E-state index in [9.17, 15) is 18.5 Å². The number of nitro groups is 1. The zero-order valence-electron chi connectivity index (χ0n) is 7.38. The van der Waals surface area contributed by atoms with Gasteiger partial charge in [0.05, 0.1) is 15.6 Å². The SMILES string of the molecule is C[CH]S(=O)(=O)c1ccc([N+](=O)[O-])cc1. The summed E-state index contributed by atoms with van der Waals surface area (Å²) in [4.78, 5) is 9.76. The molecule has 0 aliphatic heterocycles. The van der Waals surface area contributed by atoms with Crippen LogP contribution in [0.5, 0.6) is 0 Å². The smallest absolute Gasteiger partial charge is 0.258 e. The van der Waals surface area contributed by atoms with E-state index < -0.39 is 14.8 Å². The lowest BCUT2D eigenvalue weighted by molar-refractivity contribution is -0.384. The quantitative estimate of drug-likeness (QED) is 0.565. The highest BCUT2D eigenvalue weighted by molar-refractivity contribution is 7.93. The Labute approximate surface area is 81.4 Å². The number of rotatable bonds is 3. The molecule has 0 heterocycles. The highest BCUT2D eigenvalue weighted by Crippen LogP contribution is 2.17. The van der Waals surface area contributed by atoms with Gasteiger partial charge in [-0.25, -0.2) is 8.42 Å². The van der Waals surface area contributed by atoms with E-state index >= 15 is 0 Å². The molecule has 0 aromatic heterocycles. The summed E-state index contributed by atoms with van der Waals surface area (Å²) in [6.07, 6.45) is 0. The Kier molecular flexibility index (Phi) is 2.85. The van der Waals surface area contributed by atoms with Gasteiger partial charge in [0.15, 0.2) is 9.84 Å². The third kappa shape index (κ3) is 2.08. The Morgan fingerprint density at radius 3 is 2.14 bits per heavy atom. The average molecular weight is 214 g/mol. The third-order valence-corrected chi connectivity index (χ3v) is 3.24. The van der Waals surface area contributed by atoms with Crippen LogP contribution in [0.1, 0.15) is 6.92 Å². The standard InChI is InChI=1S/C8H8NO4S/c1-2-14(12,13)8-5-3-7(4-6-8)9(10)11/h2-6H,1H3. The first-order valence-corrected chi connectivity index (χ1v) is 5.31. The third-order valence-electron chi connectivity index (χ3n) is 1.69. The Balaban J connectivity index is 3.12. The number of hydrogen-bond donors (Lipinski definition) is 0. The van der Waals surface area contributed by atoms with Gasteiger partial charge in [-0.15, -0.1) is 0 Å². The summed E-state index contributed by atoms with van der Waals surface area (Å²) in [6, 6.07) is 4.76. The second-order valence-corrected chi connectivity index (χ2v) is 4.56. The molecule has 0 aliphatic rings. The molecular weight excluding hydrogens is 206 g/mol. The van der Waals surface area contributed by atoms with Crippen LogP contribution in [0.15, 0.2) is 29.2 Å². The van der Waals surface area contributed by atoms with Gasteiger partial charge in [0.1, 0.15) is 0 Å². The molecule has 0 saturated heterocycles. The molecule has 0 saturated carbocycles. The van der Waals surface area contributed by atoms with Gasteiger partial charge in [-0.1, -0.05) is 0 Å². The van der Waals surface area contributed by atoms with Gasteiger partial charge in [-0.2, -0.15) is 0 Å². The summed E-state index contributed by atoms with van der Waals surface area (Å²) in [5.74, 6) is 1.05. The van der Waals surface area contributed by atoms with E-state index in [0.29, 0.717) is 0 Å². The van der Waals surface area contributed by atoms with Crippen molar-refractivity contribution in [3.8, 4) is 0 Å². The minimum Gasteiger partial charge on any atom is -0.258 e. The molecule has 0 bridgehead atoms. The molecule has 1 aromatic rings. The highest BCUT2D eigenvalue weighted by atomic mass is 32.2. The van der Waals surface area contributed by atoms with Crippen molar-refractivity contribution in [3.05, 3.63) is 40.1 Å². The molecule has 1 aromatic carbocycles. The molecule has 0 unspecified atom stereocenters. The van der Waals surface area contributed by atoms with Crippen LogP contribution in [0.4, 0.5) is 5.69 Å². The number of non-ortho nitro benzene ring substituents is 1. The van der Waals surface area contributed by atoms with E-state index in [1.165, 1.54) is 19.1 Å². The van der Waals surface area contributed by atoms with Gasteiger partial charge in [0.25, 0.3) is 5.69 Å². The van der Waals surface area contributed by atoms with Gasteiger partial charge in [-0.3, -0.25) is 10.1 Å². The number of nitro benzene ring substituents is 1. The zero-order valence-corrected chi connectivity index (χ0v) is 8.19. The average Bonchev–Trinajstić information content (AvgIpc) is 2.18. The van der Waals surface area contributed by atoms with Crippen LogP contribution in [-0.2, 0) is 9.84 Å². The molecule has 75 valence electrons. The second-order valence-electron chi connectivity index (χ2n) is 2.53. The van der Waals surface area contributed by atoms with E-state index in [1.54, 1.807) is 0 Å². The zero-order chi connectivity index (χ0) is 10.8. The molecule has 6 heteroatoms. The number of sulfone groups is 1. The van der Waals surface area contributed by atoms with Gasteiger partial charge in [-0.05, 0) is 19.1 Å². The van der Waals surface area contributed by atoms with Crippen molar-refractivity contribution < 1.29 is 13.3 Å². The normalized spacial score (nSPS) is 11.2. The van der Waals surface area contributed by atoms with Crippen molar-refractivity contribution in [2.75, 3.05) is 0 Å². The summed E-state index contributed by atoms with van der Waals surface area (Å²) in [6.45, 7) is 1.40. The van der Waals surface area contributed by atoms with Gasteiger partial charge in [0.2, 0.25) is 0 Å². The fourth-order valence-corrected chi connectivity index (χ4v) is 1.68. The molecular formula is C8H8NO4S. The highest BCUT2D eigenvalue weighted by Gasteiger charge is 2.13. The van der Waals surface area contributed by atoms with Crippen molar-refractivity contribution in [2.24, 2.45) is 0 Å². The predicted octanol–water partition coefficient (Wildman–Crippen LogP) is 1.55. The molecule has 0 atom stereocenters. The molecule has 0 fully saturated rings. The molecule has 1 rings (SSSR count). The van der Waals surface area contributed by atoms with Crippen molar-refractivity contribution in [1.29, 1.82) is 0 Å². The molecule has 14 heavy (non-hydrogen) atoms. The van der Waals surface area contributed by atoms with Gasteiger partial charge in [0, 0.05) is 12.1 Å². The molecule has 0 spiro atoms. The fourth-order valence-electron chi connectivity index (χ4n) is 0.894. The molecule has 0 N–H and O–H groups in total. The van der Waals surface area contributed by atoms with Gasteiger partial charge < -0.3 is 0 Å². The first-order chi connectivity index (χ1) is 6.47. The van der Waals surface area contributed by atoms with Gasteiger partial charge >= 0.3 is 0 Å². The van der Waals surface area contributed by atoms with E-state index in [0.717, 1.165) is 17.9 Å². The number of benzene rings is 1. The van der Waals surface area contributed by atoms with Crippen LogP contribution < -0.4 is 0 Å². The summed E-state index contributed by atoms with van der Waals surface area (Å²) in [5.41, 5.74) is -0.125. The predicted molar refractivity (Wildman–Crippen MR) is 50.3 cm³/mol. The van der Waals surface area contributed by atoms with E-state index in [4.69, 9.17) is 0 Å². The largest absolute Gasteiger partial charge is 0.269 e. The first-order valence-electron chi connectivity index (χ1n) is 3.76. The van der Waals surface area contributed by atoms with E-state index in [2.05, 4.69) is 0 Å². The molecule has 0 amide bonds. The Bertz CT molecular complexity index is 435. The lowest BCUT2D eigenvalue weighted by Gasteiger charge is -1.99. The van der Waals surface area contributed by atoms with Crippen LogP contribution in [0, 0.1) is 15.9 Å². The maximum atomic E-state index is 11.3. The molecule has 0 aliphatic carbocycles. The second kappa shape index (κ2) is 3.75. The topological polar surface area (TPSA) is 77.3 Å². The summed E-state index contributed by atoms with van der Waals surface area (Å²) >= 11 is 0. The first kappa shape index (κ1) is 10.6. The summed E-state index contributed by atoms with van der Waals surface area (Å²) < 4.78 is 22.5. The number of hydrogen-bond acceptors (Lipinski definition) is 4. The minimum atomic E-state index is -3.39. The van der Waals surface area contributed by atoms with Crippen LogP contribution in [0.3, 0.4) is 0 Å². The van der Waals surface area contributed by atoms with Crippen LogP contribution in [0.2, 0.25) is 0 Å². The summed E-state index contributed by atoms with van der Waals surface area (Å²) in [5, 5.41) is 10.3. The van der Waals surface area contributed by atoms with Crippen LogP contribution in [-0.4, -0.2) is 13.3 Å². The van der Waals surface area contributed by atoms with Crippen molar-refractivity contribution in [1.82, 2.24) is 0 Å². The van der Waals surface area contributed by atoms with Crippen molar-refractivity contribution in [2.45, 2.75) is 11.8 Å². The Morgan fingerprint density at radius 2 is 1.79 bits per heavy atom. The van der Waals surface area contributed by atoms with Crippen LogP contribution in [0.25, 0.3) is 0 Å². The Morgan fingerprint density at radius 1 is 1.29 bits per heavy atom. The molecule has 5 nitrogen and oxygen atoms in total. The lowest BCUT2D eigenvalue weighted by atomic mass is 10.3. The summed E-state index contributed by atoms with van der Waals surface area (Å²) in [7, 11) is -3.39. The van der Waals surface area contributed by atoms with Crippen LogP contribution >= 0.6 is 0 Å². The maximum Gasteiger partial charge on any atom is 0.269 e. The Hall–Kier alpha value is -1.43. The number of nitrogens with zero attached hydrogens (tertiary/aromatic N) is 1.